The molecule has 194 valence electrons. The molecule has 2 aromatic rings. The third kappa shape index (κ3) is 5.55. The molecule has 2 aliphatic heterocycles. The molecule has 3 N–H and O–H groups in total. The molecule has 0 radical (unpaired) electrons. The maximum absolute atomic E-state index is 13.5. The standard InChI is InChI=1S/C26H34N4O5S/c1-19(27)24(31)28-22(17-35-16-20-8-4-3-5-9-20)25(32)29-14-12-26(13-15-29)18-30(36(2,33)34)23-11-7-6-10-21(23)26/h3-11,19,22H,12-18,27H2,1-2H3,(H,28,31)/t19-,22+/m0/s1. The van der Waals surface area contributed by atoms with E-state index in [1.165, 1.54) is 10.6 Å². The van der Waals surface area contributed by atoms with Crippen LogP contribution in [0.25, 0.3) is 0 Å². The van der Waals surface area contributed by atoms with Gasteiger partial charge in [0.05, 0.1) is 31.2 Å². The molecule has 9 nitrogen and oxygen atoms in total. The van der Waals surface area contributed by atoms with Crippen LogP contribution >= 0.6 is 0 Å². The lowest BCUT2D eigenvalue weighted by molar-refractivity contribution is -0.140. The van der Waals surface area contributed by atoms with Crippen molar-refractivity contribution in [3.8, 4) is 0 Å². The largest absolute Gasteiger partial charge is 0.374 e. The van der Waals surface area contributed by atoms with Crippen LogP contribution in [0, 0.1) is 0 Å². The van der Waals surface area contributed by atoms with Crippen molar-refractivity contribution in [1.82, 2.24) is 10.2 Å². The minimum Gasteiger partial charge on any atom is -0.374 e. The van der Waals surface area contributed by atoms with Crippen molar-refractivity contribution in [3.63, 3.8) is 0 Å². The summed E-state index contributed by atoms with van der Waals surface area (Å²) < 4.78 is 32.1. The van der Waals surface area contributed by atoms with Crippen molar-refractivity contribution in [2.75, 3.05) is 36.8 Å². The zero-order valence-corrected chi connectivity index (χ0v) is 21.5. The lowest BCUT2D eigenvalue weighted by Gasteiger charge is -2.41. The van der Waals surface area contributed by atoms with Crippen LogP contribution in [0.4, 0.5) is 5.69 Å². The van der Waals surface area contributed by atoms with Gasteiger partial charge in [-0.1, -0.05) is 48.5 Å². The van der Waals surface area contributed by atoms with Crippen molar-refractivity contribution in [2.24, 2.45) is 5.73 Å². The minimum absolute atomic E-state index is 0.0263. The van der Waals surface area contributed by atoms with Crippen molar-refractivity contribution in [1.29, 1.82) is 0 Å². The van der Waals surface area contributed by atoms with Crippen LogP contribution in [0.15, 0.2) is 54.6 Å². The molecule has 0 bridgehead atoms. The summed E-state index contributed by atoms with van der Waals surface area (Å²) in [6.07, 6.45) is 2.48. The lowest BCUT2D eigenvalue weighted by atomic mass is 9.74. The van der Waals surface area contributed by atoms with Gasteiger partial charge in [0, 0.05) is 25.0 Å². The van der Waals surface area contributed by atoms with Crippen molar-refractivity contribution < 1.29 is 22.7 Å². The highest BCUT2D eigenvalue weighted by Gasteiger charge is 2.47. The van der Waals surface area contributed by atoms with Gasteiger partial charge in [-0.3, -0.25) is 13.9 Å². The number of hydrogen-bond donors (Lipinski definition) is 2. The van der Waals surface area contributed by atoms with Crippen molar-refractivity contribution >= 4 is 27.5 Å². The zero-order chi connectivity index (χ0) is 25.9. The van der Waals surface area contributed by atoms with E-state index in [0.29, 0.717) is 39.1 Å². The van der Waals surface area contributed by atoms with Gasteiger partial charge >= 0.3 is 0 Å². The third-order valence-corrected chi connectivity index (χ3v) is 8.17. The Balaban J connectivity index is 1.45. The van der Waals surface area contributed by atoms with Gasteiger partial charge in [-0.25, -0.2) is 8.42 Å². The van der Waals surface area contributed by atoms with Crippen LogP contribution in [0.1, 0.15) is 30.9 Å². The van der Waals surface area contributed by atoms with Gasteiger partial charge in [-0.15, -0.1) is 0 Å². The van der Waals surface area contributed by atoms with E-state index in [1.54, 1.807) is 11.8 Å². The van der Waals surface area contributed by atoms with Crippen LogP contribution < -0.4 is 15.4 Å². The van der Waals surface area contributed by atoms with E-state index in [-0.39, 0.29) is 17.9 Å². The Bertz CT molecular complexity index is 1190. The summed E-state index contributed by atoms with van der Waals surface area (Å²) >= 11 is 0. The first-order valence-electron chi connectivity index (χ1n) is 12.1. The van der Waals surface area contributed by atoms with E-state index in [9.17, 15) is 18.0 Å². The highest BCUT2D eigenvalue weighted by Crippen LogP contribution is 2.47. The molecule has 2 aromatic carbocycles. The molecule has 0 aromatic heterocycles. The fraction of sp³-hybridized carbons (Fsp3) is 0.462. The van der Waals surface area contributed by atoms with Gasteiger partial charge in [-0.05, 0) is 37.0 Å². The van der Waals surface area contributed by atoms with Gasteiger partial charge in [0.2, 0.25) is 21.8 Å². The maximum atomic E-state index is 13.5. The number of fused-ring (bicyclic) bond motifs is 2. The number of benzene rings is 2. The normalized spacial score (nSPS) is 18.5. The Morgan fingerprint density at radius 1 is 1.08 bits per heavy atom. The van der Waals surface area contributed by atoms with Gasteiger partial charge in [0.25, 0.3) is 0 Å². The van der Waals surface area contributed by atoms with E-state index >= 15 is 0 Å². The summed E-state index contributed by atoms with van der Waals surface area (Å²) in [7, 11) is -3.41. The van der Waals surface area contributed by atoms with Crippen LogP contribution in [-0.4, -0.2) is 69.7 Å². The number of nitrogens with zero attached hydrogens (tertiary/aromatic N) is 2. The molecule has 0 unspecified atom stereocenters. The molecule has 2 atom stereocenters. The number of carbonyl (C=O) groups is 2. The van der Waals surface area contributed by atoms with Gasteiger partial charge in [-0.2, -0.15) is 0 Å². The number of likely N-dealkylation sites (tertiary alicyclic amines) is 1. The molecule has 0 aliphatic carbocycles. The molecule has 1 saturated heterocycles. The van der Waals surface area contributed by atoms with E-state index < -0.39 is 28.0 Å². The number of piperidine rings is 1. The van der Waals surface area contributed by atoms with E-state index in [0.717, 1.165) is 16.8 Å². The Hall–Kier alpha value is -2.95. The van der Waals surface area contributed by atoms with Crippen molar-refractivity contribution in [3.05, 3.63) is 65.7 Å². The predicted octanol–water partition coefficient (Wildman–Crippen LogP) is 1.38. The summed E-state index contributed by atoms with van der Waals surface area (Å²) in [4.78, 5) is 27.5. The number of anilines is 1. The Morgan fingerprint density at radius 3 is 2.36 bits per heavy atom. The minimum atomic E-state index is -3.41. The third-order valence-electron chi connectivity index (χ3n) is 7.05. The summed E-state index contributed by atoms with van der Waals surface area (Å²) in [5, 5.41) is 2.74. The average molecular weight is 515 g/mol. The fourth-order valence-corrected chi connectivity index (χ4v) is 6.03. The molecule has 2 amide bonds. The molecule has 2 aliphatic rings. The second-order valence-corrected chi connectivity index (χ2v) is 11.6. The molecule has 10 heteroatoms. The number of carbonyl (C=O) groups excluding carboxylic acids is 2. The van der Waals surface area contributed by atoms with Crippen LogP contribution in [0.2, 0.25) is 0 Å². The van der Waals surface area contributed by atoms with Crippen LogP contribution in [0.5, 0.6) is 0 Å². The SMILES string of the molecule is C[C@H](N)C(=O)N[C@H](COCc1ccccc1)C(=O)N1CCC2(CC1)CN(S(C)(=O)=O)c1ccccc12. The van der Waals surface area contributed by atoms with Gasteiger partial charge in [0.15, 0.2) is 0 Å². The fourth-order valence-electron chi connectivity index (χ4n) is 5.03. The van der Waals surface area contributed by atoms with Crippen molar-refractivity contribution in [2.45, 2.75) is 43.9 Å². The molecule has 2 heterocycles. The number of amides is 2. The Morgan fingerprint density at radius 2 is 1.72 bits per heavy atom. The van der Waals surface area contributed by atoms with Crippen LogP contribution in [0.3, 0.4) is 0 Å². The average Bonchev–Trinajstić information content (AvgIpc) is 3.18. The zero-order valence-electron chi connectivity index (χ0n) is 20.7. The van der Waals surface area contributed by atoms with Gasteiger partial charge in [0.1, 0.15) is 6.04 Å². The first-order chi connectivity index (χ1) is 17.1. The number of nitrogens with two attached hydrogens (primary N) is 1. The molecular formula is C26H34N4O5S. The molecule has 0 saturated carbocycles. The molecular weight excluding hydrogens is 480 g/mol. The molecule has 36 heavy (non-hydrogen) atoms. The second kappa shape index (κ2) is 10.6. The number of nitrogens with one attached hydrogen (secondary N) is 1. The second-order valence-electron chi connectivity index (χ2n) is 9.74. The summed E-state index contributed by atoms with van der Waals surface area (Å²) in [6.45, 7) is 3.19. The molecule has 1 spiro atoms. The first-order valence-corrected chi connectivity index (χ1v) is 14.0. The van der Waals surface area contributed by atoms with E-state index in [2.05, 4.69) is 5.32 Å². The predicted molar refractivity (Wildman–Crippen MR) is 138 cm³/mol. The summed E-state index contributed by atoms with van der Waals surface area (Å²) in [5.74, 6) is -0.642. The first kappa shape index (κ1) is 26.1. The summed E-state index contributed by atoms with van der Waals surface area (Å²) in [5.41, 5.74) is 8.08. The van der Waals surface area contributed by atoms with E-state index in [1.807, 2.05) is 54.6 Å². The highest BCUT2D eigenvalue weighted by atomic mass is 32.2. The molecule has 1 fully saturated rings. The Labute approximate surface area is 212 Å². The number of ether oxygens (including phenoxy) is 1. The van der Waals surface area contributed by atoms with Gasteiger partial charge < -0.3 is 20.7 Å². The monoisotopic (exact) mass is 514 g/mol. The molecule has 4 rings (SSSR count). The van der Waals surface area contributed by atoms with E-state index in [4.69, 9.17) is 10.5 Å². The van der Waals surface area contributed by atoms with Crippen LogP contribution in [-0.2, 0) is 36.4 Å². The quantitative estimate of drug-likeness (QED) is 0.549. The lowest BCUT2D eigenvalue weighted by Crippen LogP contribution is -2.56. The Kier molecular flexibility index (Phi) is 7.67. The highest BCUT2D eigenvalue weighted by molar-refractivity contribution is 7.92. The summed E-state index contributed by atoms with van der Waals surface area (Å²) in [6, 6.07) is 15.6. The smallest absolute Gasteiger partial charge is 0.247 e. The number of hydrogen-bond acceptors (Lipinski definition) is 6. The number of rotatable bonds is 8. The maximum Gasteiger partial charge on any atom is 0.247 e. The topological polar surface area (TPSA) is 122 Å². The number of sulfonamides is 1. The number of para-hydroxylation sites is 1.